The number of thioether (sulfide) groups is 1. The lowest BCUT2D eigenvalue weighted by atomic mass is 10.2. The van der Waals surface area contributed by atoms with Gasteiger partial charge in [0.1, 0.15) is 0 Å². The molecule has 1 aliphatic rings. The van der Waals surface area contributed by atoms with E-state index in [1.807, 2.05) is 0 Å². The first kappa shape index (κ1) is 22.2. The summed E-state index contributed by atoms with van der Waals surface area (Å²) in [5.74, 6) is -0.228. The fraction of sp³-hybridized carbons (Fsp3) is 0.316. The van der Waals surface area contributed by atoms with E-state index in [1.54, 1.807) is 31.2 Å². The lowest BCUT2D eigenvalue weighted by Crippen LogP contribution is -2.40. The van der Waals surface area contributed by atoms with Crippen LogP contribution in [0.4, 0.5) is 11.4 Å². The van der Waals surface area contributed by atoms with Gasteiger partial charge in [0.2, 0.25) is 15.9 Å². The highest BCUT2D eigenvalue weighted by atomic mass is 32.2. The van der Waals surface area contributed by atoms with E-state index in [2.05, 4.69) is 5.32 Å². The molecule has 1 saturated heterocycles. The number of morpholine rings is 1. The summed E-state index contributed by atoms with van der Waals surface area (Å²) in [6, 6.07) is 10.7. The largest absolute Gasteiger partial charge is 0.379 e. The zero-order chi connectivity index (χ0) is 21.7. The Kier molecular flexibility index (Phi) is 7.08. The highest BCUT2D eigenvalue weighted by molar-refractivity contribution is 8.00. The lowest BCUT2D eigenvalue weighted by Gasteiger charge is -2.26. The van der Waals surface area contributed by atoms with Crippen LogP contribution in [0, 0.1) is 17.0 Å². The number of non-ortho nitro benzene ring substituents is 1. The van der Waals surface area contributed by atoms with Gasteiger partial charge in [-0.3, -0.25) is 14.9 Å². The molecule has 2 aromatic rings. The first-order valence-electron chi connectivity index (χ1n) is 9.13. The fourth-order valence-electron chi connectivity index (χ4n) is 2.89. The van der Waals surface area contributed by atoms with Gasteiger partial charge in [0.15, 0.2) is 0 Å². The molecule has 9 nitrogen and oxygen atoms in total. The Bertz CT molecular complexity index is 1030. The summed E-state index contributed by atoms with van der Waals surface area (Å²) in [6.45, 7) is 3.01. The maximum Gasteiger partial charge on any atom is 0.269 e. The summed E-state index contributed by atoms with van der Waals surface area (Å²) < 4.78 is 32.5. The van der Waals surface area contributed by atoms with Gasteiger partial charge in [-0.05, 0) is 36.8 Å². The van der Waals surface area contributed by atoms with Crippen molar-refractivity contribution in [2.75, 3.05) is 37.4 Å². The molecule has 11 heteroatoms. The van der Waals surface area contributed by atoms with Crippen LogP contribution >= 0.6 is 11.8 Å². The van der Waals surface area contributed by atoms with Gasteiger partial charge in [0.05, 0.1) is 28.8 Å². The quantitative estimate of drug-likeness (QED) is 0.390. The zero-order valence-corrected chi connectivity index (χ0v) is 17.9. The number of benzene rings is 2. The van der Waals surface area contributed by atoms with Gasteiger partial charge in [-0.1, -0.05) is 6.07 Å². The third-order valence-electron chi connectivity index (χ3n) is 4.48. The number of aryl methyl sites for hydroxylation is 1. The SMILES string of the molecule is Cc1ccc(NC(=O)CSc2ccc([N+](=O)[O-])cc2)cc1S(=O)(=O)N1CCOCC1. The van der Waals surface area contributed by atoms with Crippen LogP contribution in [-0.2, 0) is 19.6 Å². The number of nitro groups is 1. The number of ether oxygens (including phenoxy) is 1. The van der Waals surface area contributed by atoms with E-state index < -0.39 is 14.9 Å². The van der Waals surface area contributed by atoms with Crippen LogP contribution in [0.25, 0.3) is 0 Å². The second kappa shape index (κ2) is 9.56. The first-order chi connectivity index (χ1) is 14.3. The van der Waals surface area contributed by atoms with E-state index in [-0.39, 0.29) is 22.2 Å². The molecule has 160 valence electrons. The fourth-order valence-corrected chi connectivity index (χ4v) is 5.25. The molecule has 30 heavy (non-hydrogen) atoms. The molecule has 0 spiro atoms. The molecule has 1 heterocycles. The monoisotopic (exact) mass is 451 g/mol. The number of anilines is 1. The highest BCUT2D eigenvalue weighted by Gasteiger charge is 2.28. The Morgan fingerprint density at radius 3 is 2.50 bits per heavy atom. The van der Waals surface area contributed by atoms with Gasteiger partial charge >= 0.3 is 0 Å². The Balaban J connectivity index is 1.65. The molecule has 0 atom stereocenters. The molecular weight excluding hydrogens is 430 g/mol. The Morgan fingerprint density at radius 2 is 1.87 bits per heavy atom. The van der Waals surface area contributed by atoms with E-state index in [0.29, 0.717) is 37.6 Å². The number of carbonyl (C=O) groups is 1. The van der Waals surface area contributed by atoms with Gasteiger partial charge in [-0.25, -0.2) is 8.42 Å². The number of rotatable bonds is 7. The Morgan fingerprint density at radius 1 is 1.20 bits per heavy atom. The smallest absolute Gasteiger partial charge is 0.269 e. The van der Waals surface area contributed by atoms with Crippen LogP contribution in [0.1, 0.15) is 5.56 Å². The molecule has 3 rings (SSSR count). The number of carbonyl (C=O) groups excluding carboxylic acids is 1. The molecule has 0 saturated carbocycles. The number of nitrogens with one attached hydrogen (secondary N) is 1. The van der Waals surface area contributed by atoms with Crippen LogP contribution in [0.5, 0.6) is 0 Å². The Labute approximate surface area is 178 Å². The third kappa shape index (κ3) is 5.36. The molecule has 0 aliphatic carbocycles. The van der Waals surface area contributed by atoms with Gasteiger partial charge in [0.25, 0.3) is 5.69 Å². The van der Waals surface area contributed by atoms with Crippen molar-refractivity contribution in [1.29, 1.82) is 0 Å². The topological polar surface area (TPSA) is 119 Å². The van der Waals surface area contributed by atoms with Gasteiger partial charge in [-0.15, -0.1) is 11.8 Å². The third-order valence-corrected chi connectivity index (χ3v) is 7.53. The zero-order valence-electron chi connectivity index (χ0n) is 16.2. The minimum atomic E-state index is -3.68. The number of hydrogen-bond donors (Lipinski definition) is 1. The Hall–Kier alpha value is -2.47. The number of nitro benzene ring substituents is 1. The van der Waals surface area contributed by atoms with Gasteiger partial charge in [0, 0.05) is 35.8 Å². The molecule has 0 bridgehead atoms. The predicted molar refractivity (Wildman–Crippen MR) is 113 cm³/mol. The average molecular weight is 452 g/mol. The molecule has 1 N–H and O–H groups in total. The number of sulfonamides is 1. The molecule has 0 aromatic heterocycles. The summed E-state index contributed by atoms with van der Waals surface area (Å²) >= 11 is 1.23. The first-order valence-corrected chi connectivity index (χ1v) is 11.6. The second-order valence-corrected chi connectivity index (χ2v) is 9.54. The van der Waals surface area contributed by atoms with E-state index in [1.165, 1.54) is 34.3 Å². The van der Waals surface area contributed by atoms with Crippen molar-refractivity contribution in [3.8, 4) is 0 Å². The molecule has 2 aromatic carbocycles. The van der Waals surface area contributed by atoms with E-state index in [0.717, 1.165) is 4.90 Å². The highest BCUT2D eigenvalue weighted by Crippen LogP contribution is 2.25. The molecule has 1 fully saturated rings. The van der Waals surface area contributed by atoms with Crippen LogP contribution in [0.2, 0.25) is 0 Å². The number of amides is 1. The van der Waals surface area contributed by atoms with Crippen molar-refractivity contribution >= 4 is 39.1 Å². The summed E-state index contributed by atoms with van der Waals surface area (Å²) in [5, 5.41) is 13.4. The van der Waals surface area contributed by atoms with Gasteiger partial charge < -0.3 is 10.1 Å². The average Bonchev–Trinajstić information content (AvgIpc) is 2.74. The molecular formula is C19H21N3O6S2. The van der Waals surface area contributed by atoms with E-state index in [9.17, 15) is 23.3 Å². The van der Waals surface area contributed by atoms with Crippen LogP contribution in [0.15, 0.2) is 52.3 Å². The lowest BCUT2D eigenvalue weighted by molar-refractivity contribution is -0.384. The number of nitrogens with zero attached hydrogens (tertiary/aromatic N) is 2. The summed E-state index contributed by atoms with van der Waals surface area (Å²) in [5.41, 5.74) is 0.971. The molecule has 1 amide bonds. The second-order valence-electron chi connectivity index (χ2n) is 6.58. The van der Waals surface area contributed by atoms with Crippen LogP contribution < -0.4 is 5.32 Å². The predicted octanol–water partition coefficient (Wildman–Crippen LogP) is 2.65. The molecule has 0 unspecified atom stereocenters. The summed E-state index contributed by atoms with van der Waals surface area (Å²) in [4.78, 5) is 23.4. The van der Waals surface area contributed by atoms with Crippen molar-refractivity contribution in [2.45, 2.75) is 16.7 Å². The van der Waals surface area contributed by atoms with Crippen LogP contribution in [0.3, 0.4) is 0 Å². The standard InChI is InChI=1S/C19H21N3O6S2/c1-14-2-3-15(12-18(14)30(26,27)21-8-10-28-11-9-21)20-19(23)13-29-17-6-4-16(5-7-17)22(24)25/h2-7,12H,8-11,13H2,1H3,(H,20,23). The van der Waals surface area contributed by atoms with Gasteiger partial charge in [-0.2, -0.15) is 4.31 Å². The minimum absolute atomic E-state index is 0.0162. The van der Waals surface area contributed by atoms with E-state index >= 15 is 0 Å². The van der Waals surface area contributed by atoms with Crippen molar-refractivity contribution in [1.82, 2.24) is 4.31 Å². The van der Waals surface area contributed by atoms with Crippen molar-refractivity contribution < 1.29 is 22.9 Å². The maximum absolute atomic E-state index is 12.9. The number of hydrogen-bond acceptors (Lipinski definition) is 7. The van der Waals surface area contributed by atoms with Crippen molar-refractivity contribution in [3.63, 3.8) is 0 Å². The summed E-state index contributed by atoms with van der Waals surface area (Å²) in [6.07, 6.45) is 0. The van der Waals surface area contributed by atoms with Crippen LogP contribution in [-0.4, -0.2) is 55.6 Å². The van der Waals surface area contributed by atoms with Crippen molar-refractivity contribution in [2.24, 2.45) is 0 Å². The minimum Gasteiger partial charge on any atom is -0.379 e. The van der Waals surface area contributed by atoms with E-state index in [4.69, 9.17) is 4.74 Å². The summed E-state index contributed by atoms with van der Waals surface area (Å²) in [7, 11) is -3.68. The molecule has 0 radical (unpaired) electrons. The maximum atomic E-state index is 12.9. The normalized spacial score (nSPS) is 15.0. The molecule has 1 aliphatic heterocycles. The van der Waals surface area contributed by atoms with Crippen molar-refractivity contribution in [3.05, 3.63) is 58.1 Å².